The topological polar surface area (TPSA) is 81.2 Å². The van der Waals surface area contributed by atoms with Gasteiger partial charge in [0, 0.05) is 18.7 Å². The summed E-state index contributed by atoms with van der Waals surface area (Å²) in [5, 5.41) is 13.5. The molecule has 5 nitrogen and oxygen atoms in total. The summed E-state index contributed by atoms with van der Waals surface area (Å²) >= 11 is 0. The maximum atomic E-state index is 13.7. The van der Waals surface area contributed by atoms with Crippen LogP contribution in [0.5, 0.6) is 0 Å². The number of halogens is 2. The van der Waals surface area contributed by atoms with Gasteiger partial charge in [-0.25, -0.2) is 8.78 Å². The molecule has 0 saturated carbocycles. The van der Waals surface area contributed by atoms with Crippen molar-refractivity contribution in [1.29, 1.82) is 0 Å². The highest BCUT2D eigenvalue weighted by atomic mass is 19.2. The standard InChI is InChI=1S/C12H17F2N3O2/c1-2-3-4-8(7-15)16-12-10(17(18)19)6-5-9(13)11(12)14/h5-6,8,16H,2-4,7,15H2,1H3. The molecule has 1 rings (SSSR count). The van der Waals surface area contributed by atoms with E-state index in [-0.39, 0.29) is 12.6 Å². The maximum Gasteiger partial charge on any atom is 0.295 e. The molecule has 7 heteroatoms. The number of anilines is 1. The summed E-state index contributed by atoms with van der Waals surface area (Å²) in [5.41, 5.74) is 4.60. The highest BCUT2D eigenvalue weighted by Gasteiger charge is 2.23. The van der Waals surface area contributed by atoms with Gasteiger partial charge in [0.25, 0.3) is 5.69 Å². The first-order valence-electron chi connectivity index (χ1n) is 6.10. The quantitative estimate of drug-likeness (QED) is 0.591. The highest BCUT2D eigenvalue weighted by Crippen LogP contribution is 2.30. The second-order valence-corrected chi connectivity index (χ2v) is 4.23. The summed E-state index contributed by atoms with van der Waals surface area (Å²) in [7, 11) is 0. The molecule has 1 unspecified atom stereocenters. The Morgan fingerprint density at radius 2 is 2.16 bits per heavy atom. The molecule has 0 heterocycles. The van der Waals surface area contributed by atoms with Crippen LogP contribution in [-0.4, -0.2) is 17.5 Å². The number of nitrogens with two attached hydrogens (primary N) is 1. The fourth-order valence-electron chi connectivity index (χ4n) is 1.73. The average molecular weight is 273 g/mol. The molecule has 1 atom stereocenters. The lowest BCUT2D eigenvalue weighted by atomic mass is 10.1. The van der Waals surface area contributed by atoms with Gasteiger partial charge in [-0.3, -0.25) is 10.1 Å². The predicted octanol–water partition coefficient (Wildman–Crippen LogP) is 2.80. The normalized spacial score (nSPS) is 12.2. The second kappa shape index (κ2) is 6.98. The van der Waals surface area contributed by atoms with E-state index in [2.05, 4.69) is 5.32 Å². The minimum Gasteiger partial charge on any atom is -0.373 e. The zero-order chi connectivity index (χ0) is 14.4. The second-order valence-electron chi connectivity index (χ2n) is 4.23. The van der Waals surface area contributed by atoms with Gasteiger partial charge in [-0.05, 0) is 12.5 Å². The average Bonchev–Trinajstić information content (AvgIpc) is 2.38. The van der Waals surface area contributed by atoms with Crippen molar-refractivity contribution in [2.24, 2.45) is 5.73 Å². The molecular formula is C12H17F2N3O2. The van der Waals surface area contributed by atoms with Crippen LogP contribution in [-0.2, 0) is 0 Å². The third-order valence-electron chi connectivity index (χ3n) is 2.81. The molecule has 0 spiro atoms. The number of benzene rings is 1. The third-order valence-corrected chi connectivity index (χ3v) is 2.81. The first kappa shape index (κ1) is 15.3. The summed E-state index contributed by atoms with van der Waals surface area (Å²) in [6, 6.07) is 1.35. The Kier molecular flexibility index (Phi) is 5.62. The first-order valence-corrected chi connectivity index (χ1v) is 6.10. The van der Waals surface area contributed by atoms with Crippen LogP contribution in [0.25, 0.3) is 0 Å². The number of nitro groups is 1. The Hall–Kier alpha value is -1.76. The van der Waals surface area contributed by atoms with Crippen molar-refractivity contribution < 1.29 is 13.7 Å². The van der Waals surface area contributed by atoms with Crippen molar-refractivity contribution in [3.63, 3.8) is 0 Å². The van der Waals surface area contributed by atoms with Gasteiger partial charge in [-0.2, -0.15) is 0 Å². The fraction of sp³-hybridized carbons (Fsp3) is 0.500. The Balaban J connectivity index is 3.03. The summed E-state index contributed by atoms with van der Waals surface area (Å²) in [4.78, 5) is 10.1. The molecular weight excluding hydrogens is 256 g/mol. The molecule has 106 valence electrons. The van der Waals surface area contributed by atoms with Crippen molar-refractivity contribution in [3.8, 4) is 0 Å². The Morgan fingerprint density at radius 1 is 1.47 bits per heavy atom. The van der Waals surface area contributed by atoms with Gasteiger partial charge in [0.15, 0.2) is 17.3 Å². The molecule has 0 aromatic heterocycles. The Morgan fingerprint density at radius 3 is 2.68 bits per heavy atom. The van der Waals surface area contributed by atoms with E-state index in [9.17, 15) is 18.9 Å². The lowest BCUT2D eigenvalue weighted by Gasteiger charge is -2.18. The van der Waals surface area contributed by atoms with E-state index >= 15 is 0 Å². The fourth-order valence-corrected chi connectivity index (χ4v) is 1.73. The van der Waals surface area contributed by atoms with Crippen LogP contribution in [0, 0.1) is 21.7 Å². The Bertz CT molecular complexity index is 455. The van der Waals surface area contributed by atoms with Gasteiger partial charge in [-0.1, -0.05) is 19.8 Å². The molecule has 3 N–H and O–H groups in total. The number of hydrogen-bond donors (Lipinski definition) is 2. The number of nitrogens with one attached hydrogen (secondary N) is 1. The van der Waals surface area contributed by atoms with E-state index in [4.69, 9.17) is 5.73 Å². The number of nitro benzene ring substituents is 1. The van der Waals surface area contributed by atoms with Crippen LogP contribution < -0.4 is 11.1 Å². The molecule has 0 amide bonds. The van der Waals surface area contributed by atoms with E-state index < -0.39 is 27.9 Å². The SMILES string of the molecule is CCCCC(CN)Nc1c([N+](=O)[O-])ccc(F)c1F. The zero-order valence-electron chi connectivity index (χ0n) is 10.7. The lowest BCUT2D eigenvalue weighted by Crippen LogP contribution is -2.29. The number of rotatable bonds is 7. The van der Waals surface area contributed by atoms with Crippen molar-refractivity contribution in [1.82, 2.24) is 0 Å². The highest BCUT2D eigenvalue weighted by molar-refractivity contribution is 5.63. The summed E-state index contributed by atoms with van der Waals surface area (Å²) in [6.07, 6.45) is 2.41. The third kappa shape index (κ3) is 3.85. The van der Waals surface area contributed by atoms with Crippen LogP contribution in [0.1, 0.15) is 26.2 Å². The molecule has 0 radical (unpaired) electrons. The monoisotopic (exact) mass is 273 g/mol. The number of nitrogens with zero attached hydrogens (tertiary/aromatic N) is 1. The largest absolute Gasteiger partial charge is 0.373 e. The van der Waals surface area contributed by atoms with Crippen molar-refractivity contribution >= 4 is 11.4 Å². The zero-order valence-corrected chi connectivity index (χ0v) is 10.7. The predicted molar refractivity (Wildman–Crippen MR) is 69.0 cm³/mol. The minimum absolute atomic E-state index is 0.188. The molecule has 1 aromatic rings. The summed E-state index contributed by atoms with van der Waals surface area (Å²) < 4.78 is 26.8. The van der Waals surface area contributed by atoms with Crippen LogP contribution in [0.4, 0.5) is 20.2 Å². The van der Waals surface area contributed by atoms with Crippen LogP contribution >= 0.6 is 0 Å². The molecule has 0 aliphatic heterocycles. The van der Waals surface area contributed by atoms with Gasteiger partial charge >= 0.3 is 0 Å². The summed E-state index contributed by atoms with van der Waals surface area (Å²) in [6.45, 7) is 2.17. The van der Waals surface area contributed by atoms with Gasteiger partial charge in [0.1, 0.15) is 0 Å². The van der Waals surface area contributed by atoms with E-state index in [1.165, 1.54) is 0 Å². The van der Waals surface area contributed by atoms with Crippen LogP contribution in [0.2, 0.25) is 0 Å². The lowest BCUT2D eigenvalue weighted by molar-refractivity contribution is -0.384. The van der Waals surface area contributed by atoms with Gasteiger partial charge < -0.3 is 11.1 Å². The van der Waals surface area contributed by atoms with E-state index in [0.29, 0.717) is 6.42 Å². The molecule has 0 aliphatic rings. The molecule has 0 saturated heterocycles. The van der Waals surface area contributed by atoms with Crippen molar-refractivity contribution in [2.75, 3.05) is 11.9 Å². The molecule has 1 aromatic carbocycles. The summed E-state index contributed by atoms with van der Waals surface area (Å²) in [5.74, 6) is -2.37. The number of hydrogen-bond acceptors (Lipinski definition) is 4. The molecule has 0 fully saturated rings. The van der Waals surface area contributed by atoms with Crippen molar-refractivity contribution in [3.05, 3.63) is 33.9 Å². The Labute approximate surface area is 109 Å². The molecule has 19 heavy (non-hydrogen) atoms. The van der Waals surface area contributed by atoms with Crippen molar-refractivity contribution in [2.45, 2.75) is 32.2 Å². The molecule has 0 bridgehead atoms. The number of unbranched alkanes of at least 4 members (excludes halogenated alkanes) is 1. The smallest absolute Gasteiger partial charge is 0.295 e. The molecule has 0 aliphatic carbocycles. The van der Waals surface area contributed by atoms with E-state index in [0.717, 1.165) is 25.0 Å². The maximum absolute atomic E-state index is 13.7. The van der Waals surface area contributed by atoms with Crippen LogP contribution in [0.15, 0.2) is 12.1 Å². The van der Waals surface area contributed by atoms with Gasteiger partial charge in [-0.15, -0.1) is 0 Å². The first-order chi connectivity index (χ1) is 9.01. The van der Waals surface area contributed by atoms with Crippen LogP contribution in [0.3, 0.4) is 0 Å². The van der Waals surface area contributed by atoms with E-state index in [1.54, 1.807) is 0 Å². The van der Waals surface area contributed by atoms with E-state index in [1.807, 2.05) is 6.92 Å². The minimum atomic E-state index is -1.25. The van der Waals surface area contributed by atoms with Gasteiger partial charge in [0.2, 0.25) is 0 Å². The van der Waals surface area contributed by atoms with Gasteiger partial charge in [0.05, 0.1) is 4.92 Å².